The van der Waals surface area contributed by atoms with E-state index in [-0.39, 0.29) is 12.1 Å². The van der Waals surface area contributed by atoms with E-state index in [2.05, 4.69) is 27.9 Å². The third-order valence-electron chi connectivity index (χ3n) is 3.35. The highest BCUT2D eigenvalue weighted by atomic mass is 16.5. The maximum Gasteiger partial charge on any atom is 0.123 e. The Kier molecular flexibility index (Phi) is 3.25. The van der Waals surface area contributed by atoms with Crippen LogP contribution in [0.3, 0.4) is 0 Å². The topological polar surface area (TPSA) is 53.1 Å². The fourth-order valence-corrected chi connectivity index (χ4v) is 2.53. The molecule has 1 aliphatic rings. The molecule has 3 rings (SSSR count). The summed E-state index contributed by atoms with van der Waals surface area (Å²) < 4.78 is 8.02. The molecule has 0 aliphatic carbocycles. The van der Waals surface area contributed by atoms with Gasteiger partial charge in [0.05, 0.1) is 18.6 Å². The molecular weight excluding hydrogens is 238 g/mol. The molecule has 4 heteroatoms. The quantitative estimate of drug-likeness (QED) is 0.908. The molecule has 2 N–H and O–H groups in total. The van der Waals surface area contributed by atoms with Crippen LogP contribution >= 0.6 is 0 Å². The molecule has 2 aromatic rings. The van der Waals surface area contributed by atoms with Gasteiger partial charge in [-0.25, -0.2) is 4.98 Å². The van der Waals surface area contributed by atoms with Crippen LogP contribution in [0.2, 0.25) is 0 Å². The Hall–Kier alpha value is -1.81. The van der Waals surface area contributed by atoms with Crippen LogP contribution in [0, 0.1) is 0 Å². The van der Waals surface area contributed by atoms with Crippen LogP contribution in [0.1, 0.15) is 18.2 Å². The van der Waals surface area contributed by atoms with Gasteiger partial charge >= 0.3 is 0 Å². The van der Waals surface area contributed by atoms with Crippen molar-refractivity contribution in [1.82, 2.24) is 9.55 Å². The average Bonchev–Trinajstić information content (AvgIpc) is 2.94. The highest BCUT2D eigenvalue weighted by Crippen LogP contribution is 2.28. The van der Waals surface area contributed by atoms with E-state index in [9.17, 15) is 0 Å². The number of fused-ring (bicyclic) bond motifs is 1. The molecule has 1 aromatic carbocycles. The molecule has 1 aliphatic heterocycles. The number of benzene rings is 1. The van der Waals surface area contributed by atoms with Gasteiger partial charge in [-0.05, 0) is 18.6 Å². The van der Waals surface area contributed by atoms with Crippen molar-refractivity contribution in [3.8, 4) is 5.75 Å². The lowest BCUT2D eigenvalue weighted by molar-refractivity contribution is 0.209. The molecule has 4 nitrogen and oxygen atoms in total. The highest BCUT2D eigenvalue weighted by Gasteiger charge is 2.22. The second-order valence-corrected chi connectivity index (χ2v) is 5.29. The van der Waals surface area contributed by atoms with Crippen molar-refractivity contribution < 1.29 is 4.74 Å². The van der Waals surface area contributed by atoms with Crippen LogP contribution < -0.4 is 10.5 Å². The van der Waals surface area contributed by atoms with Gasteiger partial charge in [-0.2, -0.15) is 0 Å². The molecule has 2 unspecified atom stereocenters. The number of para-hydroxylation sites is 1. The van der Waals surface area contributed by atoms with Gasteiger partial charge in [0, 0.05) is 25.1 Å². The SMILES string of the molecule is CC(N)Cc1cn(CC2Cc3ccccc3O2)cn1. The second kappa shape index (κ2) is 5.05. The van der Waals surface area contributed by atoms with Crippen molar-refractivity contribution in [2.24, 2.45) is 5.73 Å². The molecule has 19 heavy (non-hydrogen) atoms. The van der Waals surface area contributed by atoms with Gasteiger partial charge in [0.2, 0.25) is 0 Å². The molecule has 0 saturated heterocycles. The van der Waals surface area contributed by atoms with Crippen molar-refractivity contribution in [3.05, 3.63) is 48.0 Å². The maximum absolute atomic E-state index is 5.93. The number of hydrogen-bond acceptors (Lipinski definition) is 3. The van der Waals surface area contributed by atoms with Crippen LogP contribution in [-0.2, 0) is 19.4 Å². The third-order valence-corrected chi connectivity index (χ3v) is 3.35. The Morgan fingerprint density at radius 3 is 3.11 bits per heavy atom. The van der Waals surface area contributed by atoms with E-state index in [1.54, 1.807) is 0 Å². The largest absolute Gasteiger partial charge is 0.488 e. The highest BCUT2D eigenvalue weighted by molar-refractivity contribution is 5.37. The van der Waals surface area contributed by atoms with Gasteiger partial charge in [-0.15, -0.1) is 0 Å². The Morgan fingerprint density at radius 1 is 1.47 bits per heavy atom. The number of imidazole rings is 1. The lowest BCUT2D eigenvalue weighted by Gasteiger charge is -2.10. The zero-order valence-electron chi connectivity index (χ0n) is 11.1. The van der Waals surface area contributed by atoms with E-state index < -0.39 is 0 Å². The molecule has 2 atom stereocenters. The van der Waals surface area contributed by atoms with Crippen molar-refractivity contribution in [3.63, 3.8) is 0 Å². The van der Waals surface area contributed by atoms with Crippen LogP contribution in [0.15, 0.2) is 36.8 Å². The molecular formula is C15H19N3O. The summed E-state index contributed by atoms with van der Waals surface area (Å²) in [5, 5.41) is 0. The number of hydrogen-bond donors (Lipinski definition) is 1. The number of ether oxygens (including phenoxy) is 1. The first-order chi connectivity index (χ1) is 9.20. The lowest BCUT2D eigenvalue weighted by Crippen LogP contribution is -2.20. The van der Waals surface area contributed by atoms with E-state index >= 15 is 0 Å². The van der Waals surface area contributed by atoms with Crippen molar-refractivity contribution in [2.75, 3.05) is 0 Å². The third kappa shape index (κ3) is 2.79. The number of rotatable bonds is 4. The van der Waals surface area contributed by atoms with Crippen LogP contribution in [0.4, 0.5) is 0 Å². The lowest BCUT2D eigenvalue weighted by atomic mass is 10.1. The Morgan fingerprint density at radius 2 is 2.32 bits per heavy atom. The van der Waals surface area contributed by atoms with Crippen molar-refractivity contribution >= 4 is 0 Å². The van der Waals surface area contributed by atoms with Crippen LogP contribution in [-0.4, -0.2) is 21.7 Å². The molecule has 0 bridgehead atoms. The fraction of sp³-hybridized carbons (Fsp3) is 0.400. The predicted octanol–water partition coefficient (Wildman–Crippen LogP) is 1.78. The van der Waals surface area contributed by atoms with E-state index in [1.807, 2.05) is 25.4 Å². The molecule has 1 aromatic heterocycles. The normalized spacial score (nSPS) is 18.9. The standard InChI is InChI=1S/C15H19N3O/c1-11(16)6-13-8-18(10-17-13)9-14-7-12-4-2-3-5-15(12)19-14/h2-5,8,10-11,14H,6-7,9,16H2,1H3. The molecule has 2 heterocycles. The summed E-state index contributed by atoms with van der Waals surface area (Å²) >= 11 is 0. The smallest absolute Gasteiger partial charge is 0.123 e. The first-order valence-electron chi connectivity index (χ1n) is 6.71. The number of nitrogens with two attached hydrogens (primary N) is 1. The van der Waals surface area contributed by atoms with E-state index in [0.717, 1.165) is 30.8 Å². The molecule has 0 amide bonds. The first kappa shape index (κ1) is 12.2. The van der Waals surface area contributed by atoms with Crippen molar-refractivity contribution in [2.45, 2.75) is 38.5 Å². The fourth-order valence-electron chi connectivity index (χ4n) is 2.53. The summed E-state index contributed by atoms with van der Waals surface area (Å²) in [6.07, 6.45) is 5.92. The average molecular weight is 257 g/mol. The van der Waals surface area contributed by atoms with Crippen LogP contribution in [0.25, 0.3) is 0 Å². The number of aromatic nitrogens is 2. The van der Waals surface area contributed by atoms with Crippen molar-refractivity contribution in [1.29, 1.82) is 0 Å². The van der Waals surface area contributed by atoms with Gasteiger partial charge in [0.25, 0.3) is 0 Å². The first-order valence-corrected chi connectivity index (χ1v) is 6.71. The van der Waals surface area contributed by atoms with E-state index in [0.29, 0.717) is 0 Å². The maximum atomic E-state index is 5.93. The minimum Gasteiger partial charge on any atom is -0.488 e. The Balaban J connectivity index is 1.63. The summed E-state index contributed by atoms with van der Waals surface area (Å²) in [4.78, 5) is 4.37. The van der Waals surface area contributed by atoms with E-state index in [1.165, 1.54) is 5.56 Å². The Bertz CT molecular complexity index is 537. The van der Waals surface area contributed by atoms with E-state index in [4.69, 9.17) is 10.5 Å². The Labute approximate surface area is 113 Å². The van der Waals surface area contributed by atoms with Crippen LogP contribution in [0.5, 0.6) is 5.75 Å². The summed E-state index contributed by atoms with van der Waals surface area (Å²) in [7, 11) is 0. The minimum atomic E-state index is 0.148. The van der Waals surface area contributed by atoms with Gasteiger partial charge in [-0.1, -0.05) is 18.2 Å². The van der Waals surface area contributed by atoms with Gasteiger partial charge < -0.3 is 15.0 Å². The molecule has 100 valence electrons. The van der Waals surface area contributed by atoms with Gasteiger partial charge in [0.1, 0.15) is 11.9 Å². The molecule has 0 fully saturated rings. The second-order valence-electron chi connectivity index (χ2n) is 5.29. The molecule has 0 saturated carbocycles. The zero-order valence-corrected chi connectivity index (χ0v) is 11.1. The summed E-state index contributed by atoms with van der Waals surface area (Å²) in [5.41, 5.74) is 8.12. The van der Waals surface area contributed by atoms with Gasteiger partial charge in [-0.3, -0.25) is 0 Å². The summed E-state index contributed by atoms with van der Waals surface area (Å²) in [6, 6.07) is 8.38. The number of nitrogens with zero attached hydrogens (tertiary/aromatic N) is 2. The summed E-state index contributed by atoms with van der Waals surface area (Å²) in [6.45, 7) is 2.83. The molecule has 0 radical (unpaired) electrons. The monoisotopic (exact) mass is 257 g/mol. The van der Waals surface area contributed by atoms with Gasteiger partial charge in [0.15, 0.2) is 0 Å². The predicted molar refractivity (Wildman–Crippen MR) is 74.1 cm³/mol. The summed E-state index contributed by atoms with van der Waals surface area (Å²) in [5.74, 6) is 1.02. The zero-order chi connectivity index (χ0) is 13.2. The minimum absolute atomic E-state index is 0.148. The molecule has 0 spiro atoms.